The predicted octanol–water partition coefficient (Wildman–Crippen LogP) is 5.20. The molecule has 1 aromatic heterocycles. The van der Waals surface area contributed by atoms with Crippen molar-refractivity contribution in [2.45, 2.75) is 32.3 Å². The van der Waals surface area contributed by atoms with Crippen molar-refractivity contribution in [3.05, 3.63) is 78.0 Å². The molecule has 7 heteroatoms. The molecule has 0 radical (unpaired) electrons. The molecule has 0 aliphatic heterocycles. The molecular formula is C26H30N4O3. The van der Waals surface area contributed by atoms with Crippen LogP contribution in [0.3, 0.4) is 0 Å². The first kappa shape index (κ1) is 24.2. The normalized spacial score (nSPS) is 12.2. The summed E-state index contributed by atoms with van der Waals surface area (Å²) in [4.78, 5) is 0. The molecule has 0 aliphatic carbocycles. The van der Waals surface area contributed by atoms with E-state index in [1.165, 1.54) is 0 Å². The summed E-state index contributed by atoms with van der Waals surface area (Å²) in [6, 6.07) is 21.5. The topological polar surface area (TPSA) is 92.3 Å². The van der Waals surface area contributed by atoms with Crippen molar-refractivity contribution in [1.29, 1.82) is 10.7 Å². The van der Waals surface area contributed by atoms with Crippen LogP contribution in [0, 0.1) is 16.7 Å². The van der Waals surface area contributed by atoms with Crippen molar-refractivity contribution >= 4 is 12.2 Å². The quantitative estimate of drug-likeness (QED) is 0.227. The Kier molecular flexibility index (Phi) is 8.39. The average molecular weight is 447 g/mol. The number of nitrogens with one attached hydrogen (secondary N) is 2. The number of rotatable bonds is 12. The van der Waals surface area contributed by atoms with E-state index >= 15 is 0 Å². The van der Waals surface area contributed by atoms with Gasteiger partial charge in [-0.1, -0.05) is 60.7 Å². The van der Waals surface area contributed by atoms with E-state index in [2.05, 4.69) is 11.4 Å². The molecule has 0 aliphatic rings. The minimum Gasteiger partial charge on any atom is -0.332 e. The Morgan fingerprint density at radius 1 is 1.06 bits per heavy atom. The van der Waals surface area contributed by atoms with Crippen molar-refractivity contribution < 1.29 is 14.2 Å². The second-order valence-corrected chi connectivity index (χ2v) is 7.32. The molecular weight excluding hydrogens is 416 g/mol. The maximum atomic E-state index is 10.1. The number of aromatic nitrogens is 1. The van der Waals surface area contributed by atoms with E-state index < -0.39 is 12.0 Å². The fraction of sp³-hybridized carbons (Fsp3) is 0.308. The van der Waals surface area contributed by atoms with Crippen molar-refractivity contribution in [2.24, 2.45) is 0 Å². The predicted molar refractivity (Wildman–Crippen MR) is 129 cm³/mol. The van der Waals surface area contributed by atoms with Gasteiger partial charge in [0.15, 0.2) is 0 Å². The third-order valence-electron chi connectivity index (χ3n) is 5.43. The Morgan fingerprint density at radius 2 is 1.67 bits per heavy atom. The molecule has 0 saturated heterocycles. The molecule has 2 N–H and O–H groups in total. The van der Waals surface area contributed by atoms with Crippen LogP contribution in [-0.4, -0.2) is 37.2 Å². The van der Waals surface area contributed by atoms with Crippen molar-refractivity contribution in [3.8, 4) is 17.2 Å². The molecule has 3 aromatic rings. The SMILES string of the molecule is CCOC(OC)(OCC)C(Cc1ccccc1)n1cc(-c2ccccc2)c(C#N)c1NC=N. The largest absolute Gasteiger partial charge is 0.332 e. The summed E-state index contributed by atoms with van der Waals surface area (Å²) in [7, 11) is 1.56. The van der Waals surface area contributed by atoms with Gasteiger partial charge in [-0.15, -0.1) is 0 Å². The van der Waals surface area contributed by atoms with Gasteiger partial charge in [-0.25, -0.2) is 0 Å². The van der Waals surface area contributed by atoms with Gasteiger partial charge < -0.3 is 24.1 Å². The van der Waals surface area contributed by atoms with Gasteiger partial charge in [0.05, 0.1) is 6.34 Å². The minimum atomic E-state index is -1.41. The van der Waals surface area contributed by atoms with Gasteiger partial charge in [-0.05, 0) is 25.0 Å². The zero-order chi connectivity index (χ0) is 23.7. The highest BCUT2D eigenvalue weighted by molar-refractivity contribution is 5.83. The van der Waals surface area contributed by atoms with Crippen molar-refractivity contribution in [1.82, 2.24) is 4.57 Å². The molecule has 0 amide bonds. The number of ether oxygens (including phenoxy) is 3. The lowest BCUT2D eigenvalue weighted by molar-refractivity contribution is -0.389. The van der Waals surface area contributed by atoms with Gasteiger partial charge in [0.1, 0.15) is 23.5 Å². The fourth-order valence-electron chi connectivity index (χ4n) is 4.06. The van der Waals surface area contributed by atoms with Gasteiger partial charge in [-0.3, -0.25) is 5.41 Å². The lowest BCUT2D eigenvalue weighted by Crippen LogP contribution is -2.47. The number of methoxy groups -OCH3 is 1. The Bertz CT molecular complexity index is 1070. The lowest BCUT2D eigenvalue weighted by Gasteiger charge is -2.39. The second-order valence-electron chi connectivity index (χ2n) is 7.32. The highest BCUT2D eigenvalue weighted by atomic mass is 16.9. The first-order valence-corrected chi connectivity index (χ1v) is 11.0. The molecule has 1 heterocycles. The Balaban J connectivity index is 2.27. The van der Waals surface area contributed by atoms with Crippen molar-refractivity contribution in [3.63, 3.8) is 0 Å². The summed E-state index contributed by atoms with van der Waals surface area (Å²) in [5.41, 5.74) is 3.13. The van der Waals surface area contributed by atoms with E-state index in [0.29, 0.717) is 31.0 Å². The highest BCUT2D eigenvalue weighted by Gasteiger charge is 2.44. The maximum absolute atomic E-state index is 10.1. The van der Waals surface area contributed by atoms with Crippen molar-refractivity contribution in [2.75, 3.05) is 25.6 Å². The molecule has 7 nitrogen and oxygen atoms in total. The highest BCUT2D eigenvalue weighted by Crippen LogP contribution is 2.40. The van der Waals surface area contributed by atoms with Gasteiger partial charge in [0.2, 0.25) is 0 Å². The molecule has 33 heavy (non-hydrogen) atoms. The Labute approximate surface area is 195 Å². The number of anilines is 1. The van der Waals surface area contributed by atoms with Crippen LogP contribution in [-0.2, 0) is 20.6 Å². The Hall–Kier alpha value is -3.44. The van der Waals surface area contributed by atoms with E-state index in [-0.39, 0.29) is 0 Å². The molecule has 172 valence electrons. The molecule has 3 rings (SSSR count). The number of benzene rings is 2. The molecule has 0 saturated carbocycles. The molecule has 0 bridgehead atoms. The summed E-state index contributed by atoms with van der Waals surface area (Å²) < 4.78 is 20.0. The first-order valence-electron chi connectivity index (χ1n) is 11.0. The van der Waals surface area contributed by atoms with Gasteiger partial charge in [-0.2, -0.15) is 5.26 Å². The first-order chi connectivity index (χ1) is 16.1. The second kappa shape index (κ2) is 11.4. The third kappa shape index (κ3) is 5.15. The third-order valence-corrected chi connectivity index (χ3v) is 5.43. The smallest absolute Gasteiger partial charge is 0.305 e. The molecule has 2 aromatic carbocycles. The van der Waals surface area contributed by atoms with Gasteiger partial charge in [0, 0.05) is 38.5 Å². The number of nitrogens with zero attached hydrogens (tertiary/aromatic N) is 2. The molecule has 0 fully saturated rings. The molecule has 1 unspecified atom stereocenters. The van der Waals surface area contributed by atoms with Crippen LogP contribution in [0.4, 0.5) is 5.82 Å². The van der Waals surface area contributed by atoms with Gasteiger partial charge >= 0.3 is 5.97 Å². The van der Waals surface area contributed by atoms with Crippen LogP contribution in [0.2, 0.25) is 0 Å². The standard InChI is InChI=1S/C26H30N4O3/c1-4-32-26(31-3,33-5-2)24(16-20-12-8-6-9-13-20)30-18-23(21-14-10-7-11-15-21)22(17-27)25(30)29-19-28/h6-15,18-19,24H,4-5,16H2,1-3H3,(H2,28,29). The van der Waals surface area contributed by atoms with E-state index in [1.807, 2.05) is 85.3 Å². The summed E-state index contributed by atoms with van der Waals surface area (Å²) in [6.45, 7) is 4.50. The summed E-state index contributed by atoms with van der Waals surface area (Å²) in [6.07, 6.45) is 3.48. The monoisotopic (exact) mass is 446 g/mol. The van der Waals surface area contributed by atoms with Gasteiger partial charge in [0.25, 0.3) is 0 Å². The Morgan fingerprint density at radius 3 is 2.18 bits per heavy atom. The van der Waals surface area contributed by atoms with E-state index in [1.54, 1.807) is 7.11 Å². The average Bonchev–Trinajstić information content (AvgIpc) is 3.21. The summed E-state index contributed by atoms with van der Waals surface area (Å²) in [5, 5.41) is 20.7. The van der Waals surface area contributed by atoms with Crippen LogP contribution in [0.15, 0.2) is 66.9 Å². The summed E-state index contributed by atoms with van der Waals surface area (Å²) in [5.74, 6) is -0.926. The van der Waals surface area contributed by atoms with Crippen LogP contribution in [0.25, 0.3) is 11.1 Å². The molecule has 1 atom stereocenters. The summed E-state index contributed by atoms with van der Waals surface area (Å²) >= 11 is 0. The van der Waals surface area contributed by atoms with Crippen LogP contribution >= 0.6 is 0 Å². The zero-order valence-electron chi connectivity index (χ0n) is 19.2. The number of nitriles is 1. The minimum absolute atomic E-state index is 0.365. The van der Waals surface area contributed by atoms with E-state index in [9.17, 15) is 5.26 Å². The lowest BCUT2D eigenvalue weighted by atomic mass is 10.0. The van der Waals surface area contributed by atoms with E-state index in [0.717, 1.165) is 23.0 Å². The fourth-order valence-corrected chi connectivity index (χ4v) is 4.06. The number of hydrogen-bond acceptors (Lipinski definition) is 5. The molecule has 0 spiro atoms. The van der Waals surface area contributed by atoms with Crippen LogP contribution < -0.4 is 5.32 Å². The number of hydrogen-bond donors (Lipinski definition) is 2. The maximum Gasteiger partial charge on any atom is 0.305 e. The van der Waals surface area contributed by atoms with Crippen LogP contribution in [0.5, 0.6) is 0 Å². The van der Waals surface area contributed by atoms with E-state index in [4.69, 9.17) is 19.6 Å². The van der Waals surface area contributed by atoms with Crippen LogP contribution in [0.1, 0.15) is 31.0 Å². The zero-order valence-corrected chi connectivity index (χ0v) is 19.2.